The summed E-state index contributed by atoms with van der Waals surface area (Å²) < 4.78 is 25.0. The van der Waals surface area contributed by atoms with Crippen molar-refractivity contribution >= 4 is 25.8 Å². The van der Waals surface area contributed by atoms with E-state index in [1.807, 2.05) is 6.07 Å². The van der Waals surface area contributed by atoms with Gasteiger partial charge in [0.25, 0.3) is 0 Å². The standard InChI is InChI=1S/C10H12BrNO2S/c1-12-6-7-5-8-9(11)3-2-4-10(8)15(7,13)14/h2-4,7,12H,5-6H2,1H3. The number of hydrogen-bond donors (Lipinski definition) is 1. The molecule has 0 saturated carbocycles. The summed E-state index contributed by atoms with van der Waals surface area (Å²) in [5.74, 6) is 0. The van der Waals surface area contributed by atoms with Crippen molar-refractivity contribution < 1.29 is 8.42 Å². The average molecular weight is 290 g/mol. The number of sulfone groups is 1. The van der Waals surface area contributed by atoms with E-state index in [1.54, 1.807) is 19.2 Å². The van der Waals surface area contributed by atoms with Crippen molar-refractivity contribution in [3.63, 3.8) is 0 Å². The van der Waals surface area contributed by atoms with Crippen molar-refractivity contribution in [3.05, 3.63) is 28.2 Å². The Morgan fingerprint density at radius 1 is 1.53 bits per heavy atom. The number of rotatable bonds is 2. The molecule has 0 amide bonds. The van der Waals surface area contributed by atoms with Gasteiger partial charge >= 0.3 is 0 Å². The third-order valence-corrected chi connectivity index (χ3v) is 5.63. The molecule has 1 atom stereocenters. The molecule has 0 spiro atoms. The molecular weight excluding hydrogens is 278 g/mol. The van der Waals surface area contributed by atoms with Gasteiger partial charge in [-0.2, -0.15) is 0 Å². The van der Waals surface area contributed by atoms with Gasteiger partial charge in [-0.25, -0.2) is 8.42 Å². The van der Waals surface area contributed by atoms with Crippen LogP contribution in [0.3, 0.4) is 0 Å². The third-order valence-electron chi connectivity index (χ3n) is 2.68. The SMILES string of the molecule is CNCC1Cc2c(Br)cccc2S1(=O)=O. The molecule has 0 aromatic heterocycles. The van der Waals surface area contributed by atoms with Crippen LogP contribution in [0.25, 0.3) is 0 Å². The first kappa shape index (κ1) is 11.1. The Morgan fingerprint density at radius 3 is 2.87 bits per heavy atom. The highest BCUT2D eigenvalue weighted by Gasteiger charge is 2.37. The zero-order valence-corrected chi connectivity index (χ0v) is 10.7. The van der Waals surface area contributed by atoms with Crippen LogP contribution in [0.4, 0.5) is 0 Å². The highest BCUT2D eigenvalue weighted by Crippen LogP contribution is 2.35. The Balaban J connectivity index is 2.52. The van der Waals surface area contributed by atoms with Crippen LogP contribution in [0.2, 0.25) is 0 Å². The smallest absolute Gasteiger partial charge is 0.183 e. The molecule has 1 aromatic rings. The van der Waals surface area contributed by atoms with E-state index < -0.39 is 9.84 Å². The summed E-state index contributed by atoms with van der Waals surface area (Å²) in [6.45, 7) is 0.503. The topological polar surface area (TPSA) is 46.2 Å². The van der Waals surface area contributed by atoms with Gasteiger partial charge in [0.05, 0.1) is 10.1 Å². The van der Waals surface area contributed by atoms with Crippen molar-refractivity contribution in [1.29, 1.82) is 0 Å². The second kappa shape index (κ2) is 3.88. The summed E-state index contributed by atoms with van der Waals surface area (Å²) in [4.78, 5) is 0.483. The van der Waals surface area contributed by atoms with Crippen LogP contribution in [0.5, 0.6) is 0 Å². The predicted octanol–water partition coefficient (Wildman–Crippen LogP) is 1.37. The summed E-state index contributed by atoms with van der Waals surface area (Å²) in [7, 11) is -1.35. The Hall–Kier alpha value is -0.390. The minimum absolute atomic E-state index is 0.323. The lowest BCUT2D eigenvalue weighted by molar-refractivity contribution is 0.581. The number of fused-ring (bicyclic) bond motifs is 1. The second-order valence-electron chi connectivity index (χ2n) is 3.65. The summed E-state index contributed by atoms with van der Waals surface area (Å²) >= 11 is 3.39. The molecule has 0 aliphatic carbocycles. The minimum atomic E-state index is -3.12. The van der Waals surface area contributed by atoms with E-state index in [-0.39, 0.29) is 5.25 Å². The zero-order valence-electron chi connectivity index (χ0n) is 8.33. The maximum absolute atomic E-state index is 12.1. The van der Waals surface area contributed by atoms with E-state index in [1.165, 1.54) is 0 Å². The maximum Gasteiger partial charge on any atom is 0.183 e. The lowest BCUT2D eigenvalue weighted by atomic mass is 10.1. The quantitative estimate of drug-likeness (QED) is 0.894. The molecule has 3 nitrogen and oxygen atoms in total. The molecule has 0 fully saturated rings. The van der Waals surface area contributed by atoms with Crippen LogP contribution in [0.15, 0.2) is 27.6 Å². The van der Waals surface area contributed by atoms with Crippen LogP contribution in [-0.4, -0.2) is 27.3 Å². The largest absolute Gasteiger partial charge is 0.318 e. The van der Waals surface area contributed by atoms with E-state index in [4.69, 9.17) is 0 Å². The first-order valence-electron chi connectivity index (χ1n) is 4.73. The molecule has 1 heterocycles. The van der Waals surface area contributed by atoms with Crippen LogP contribution in [0.1, 0.15) is 5.56 Å². The van der Waals surface area contributed by atoms with E-state index in [2.05, 4.69) is 21.2 Å². The van der Waals surface area contributed by atoms with Gasteiger partial charge in [-0.05, 0) is 31.2 Å². The molecule has 1 aliphatic heterocycles. The van der Waals surface area contributed by atoms with Crippen molar-refractivity contribution in [2.75, 3.05) is 13.6 Å². The van der Waals surface area contributed by atoms with Crippen LogP contribution in [0, 0.1) is 0 Å². The van der Waals surface area contributed by atoms with Crippen molar-refractivity contribution in [2.45, 2.75) is 16.6 Å². The van der Waals surface area contributed by atoms with Gasteiger partial charge in [0.15, 0.2) is 9.84 Å². The number of benzene rings is 1. The fourth-order valence-corrected chi connectivity index (χ4v) is 4.53. The molecule has 1 unspecified atom stereocenters. The lowest BCUT2D eigenvalue weighted by Gasteiger charge is -2.07. The van der Waals surface area contributed by atoms with Crippen molar-refractivity contribution in [1.82, 2.24) is 5.32 Å². The normalized spacial score (nSPS) is 22.7. The van der Waals surface area contributed by atoms with Gasteiger partial charge in [-0.3, -0.25) is 0 Å². The summed E-state index contributed by atoms with van der Waals surface area (Å²) in [5.41, 5.74) is 0.915. The molecular formula is C10H12BrNO2S. The van der Waals surface area contributed by atoms with Gasteiger partial charge in [0.1, 0.15) is 0 Å². The van der Waals surface area contributed by atoms with E-state index in [0.717, 1.165) is 10.0 Å². The highest BCUT2D eigenvalue weighted by atomic mass is 79.9. The average Bonchev–Trinajstić information content (AvgIpc) is 2.43. The minimum Gasteiger partial charge on any atom is -0.318 e. The molecule has 2 rings (SSSR count). The second-order valence-corrected chi connectivity index (χ2v) is 6.70. The summed E-state index contributed by atoms with van der Waals surface area (Å²) in [6.07, 6.45) is 0.597. The molecule has 0 radical (unpaired) electrons. The molecule has 15 heavy (non-hydrogen) atoms. The summed E-state index contributed by atoms with van der Waals surface area (Å²) in [6, 6.07) is 5.34. The molecule has 0 saturated heterocycles. The predicted molar refractivity (Wildman–Crippen MR) is 62.7 cm³/mol. The Kier molecular flexibility index (Phi) is 2.87. The molecule has 0 bridgehead atoms. The van der Waals surface area contributed by atoms with Crippen LogP contribution < -0.4 is 5.32 Å². The fourth-order valence-electron chi connectivity index (χ4n) is 1.93. The van der Waals surface area contributed by atoms with E-state index in [0.29, 0.717) is 17.9 Å². The van der Waals surface area contributed by atoms with Crippen molar-refractivity contribution in [2.24, 2.45) is 0 Å². The first-order valence-corrected chi connectivity index (χ1v) is 7.07. The first-order chi connectivity index (χ1) is 7.07. The fraction of sp³-hybridized carbons (Fsp3) is 0.400. The third kappa shape index (κ3) is 1.73. The maximum atomic E-state index is 12.1. The molecule has 5 heteroatoms. The molecule has 1 aliphatic rings. The number of halogens is 1. The lowest BCUT2D eigenvalue weighted by Crippen LogP contribution is -2.29. The Morgan fingerprint density at radius 2 is 2.27 bits per heavy atom. The highest BCUT2D eigenvalue weighted by molar-refractivity contribution is 9.10. The van der Waals surface area contributed by atoms with E-state index in [9.17, 15) is 8.42 Å². The Labute approximate surface area is 97.9 Å². The van der Waals surface area contributed by atoms with Gasteiger partial charge in [0.2, 0.25) is 0 Å². The molecule has 1 N–H and O–H groups in total. The van der Waals surface area contributed by atoms with Gasteiger partial charge in [0, 0.05) is 11.0 Å². The van der Waals surface area contributed by atoms with Gasteiger partial charge in [-0.15, -0.1) is 0 Å². The van der Waals surface area contributed by atoms with Crippen LogP contribution in [-0.2, 0) is 16.3 Å². The van der Waals surface area contributed by atoms with E-state index >= 15 is 0 Å². The van der Waals surface area contributed by atoms with Crippen molar-refractivity contribution in [3.8, 4) is 0 Å². The van der Waals surface area contributed by atoms with Gasteiger partial charge in [-0.1, -0.05) is 22.0 Å². The molecule has 82 valence electrons. The van der Waals surface area contributed by atoms with Gasteiger partial charge < -0.3 is 5.32 Å². The zero-order chi connectivity index (χ0) is 11.1. The number of nitrogens with one attached hydrogen (secondary N) is 1. The summed E-state index contributed by atoms with van der Waals surface area (Å²) in [5, 5.41) is 2.60. The molecule has 1 aromatic carbocycles. The monoisotopic (exact) mass is 289 g/mol. The Bertz CT molecular complexity index is 484. The van der Waals surface area contributed by atoms with Crippen LogP contribution >= 0.6 is 15.9 Å². The number of hydrogen-bond acceptors (Lipinski definition) is 3.